The van der Waals surface area contributed by atoms with Gasteiger partial charge in [-0.15, -0.1) is 0 Å². The normalized spacial score (nSPS) is 15.3. The van der Waals surface area contributed by atoms with E-state index in [4.69, 9.17) is 0 Å². The minimum absolute atomic E-state index is 0.0435. The van der Waals surface area contributed by atoms with Crippen molar-refractivity contribution >= 4 is 27.4 Å². The number of hydrogen-bond acceptors (Lipinski definition) is 3. The van der Waals surface area contributed by atoms with Crippen molar-refractivity contribution in [2.24, 2.45) is 7.05 Å². The highest BCUT2D eigenvalue weighted by Crippen LogP contribution is 2.26. The van der Waals surface area contributed by atoms with Gasteiger partial charge in [0, 0.05) is 49.9 Å². The van der Waals surface area contributed by atoms with Crippen molar-refractivity contribution in [2.75, 3.05) is 18.4 Å². The van der Waals surface area contributed by atoms with Gasteiger partial charge in [0.1, 0.15) is 0 Å². The molecule has 1 fully saturated rings. The van der Waals surface area contributed by atoms with Crippen LogP contribution in [0.15, 0.2) is 71.5 Å². The third-order valence-electron chi connectivity index (χ3n) is 7.02. The second-order valence-electron chi connectivity index (χ2n) is 9.43. The molecule has 2 heterocycles. The Bertz CT molecular complexity index is 1330. The Balaban J connectivity index is 1.28. The molecular weight excluding hydrogens is 406 g/mol. The molecule has 1 N–H and O–H groups in total. The zero-order valence-corrected chi connectivity index (χ0v) is 19.7. The number of anilines is 1. The van der Waals surface area contributed by atoms with E-state index in [0.29, 0.717) is 6.04 Å². The smallest absolute Gasteiger partial charge is 0.252 e. The fraction of sp³-hybridized carbons (Fsp3) is 0.345. The topological polar surface area (TPSA) is 37.3 Å². The Morgan fingerprint density at radius 3 is 2.45 bits per heavy atom. The quantitative estimate of drug-likeness (QED) is 0.417. The first-order valence-electron chi connectivity index (χ1n) is 12.2. The number of nitrogens with one attached hydrogen (secondary N) is 1. The van der Waals surface area contributed by atoms with Gasteiger partial charge in [-0.3, -0.25) is 9.69 Å². The van der Waals surface area contributed by atoms with Gasteiger partial charge in [-0.1, -0.05) is 55.8 Å². The summed E-state index contributed by atoms with van der Waals surface area (Å²) >= 11 is 0. The van der Waals surface area contributed by atoms with Crippen molar-refractivity contribution in [1.29, 1.82) is 0 Å². The summed E-state index contributed by atoms with van der Waals surface area (Å²) in [6.07, 6.45) is 4.35. The summed E-state index contributed by atoms with van der Waals surface area (Å²) in [5, 5.41) is 7.49. The van der Waals surface area contributed by atoms with Crippen molar-refractivity contribution in [2.45, 2.75) is 45.2 Å². The lowest BCUT2D eigenvalue weighted by Gasteiger charge is -2.33. The SMILES string of the molecule is CCCc1ccc2c(c1)c(NC1CCN(Cc3ccc4ccccc4c3)CC1)cc(=O)n2C. The molecule has 170 valence electrons. The Kier molecular flexibility index (Phi) is 6.19. The standard InChI is InChI=1S/C29H33N3O/c1-3-6-21-10-12-28-26(18-21)27(19-29(33)31(28)2)30-25-13-15-32(16-14-25)20-22-9-11-23-7-4-5-8-24(23)17-22/h4-5,7-12,17-19,25,30H,3,6,13-16,20H2,1-2H3. The third-order valence-corrected chi connectivity index (χ3v) is 7.02. The molecular formula is C29H33N3O. The lowest BCUT2D eigenvalue weighted by molar-refractivity contribution is 0.211. The van der Waals surface area contributed by atoms with Gasteiger partial charge in [-0.05, 0) is 59.4 Å². The van der Waals surface area contributed by atoms with Crippen LogP contribution in [0.3, 0.4) is 0 Å². The van der Waals surface area contributed by atoms with E-state index < -0.39 is 0 Å². The van der Waals surface area contributed by atoms with E-state index in [0.717, 1.165) is 61.9 Å². The monoisotopic (exact) mass is 439 g/mol. The number of benzene rings is 3. The number of pyridine rings is 1. The molecule has 1 aromatic heterocycles. The lowest BCUT2D eigenvalue weighted by Crippen LogP contribution is -2.38. The number of rotatable bonds is 6. The molecule has 3 aromatic carbocycles. The van der Waals surface area contributed by atoms with Crippen molar-refractivity contribution in [3.05, 3.63) is 88.2 Å². The molecule has 0 unspecified atom stereocenters. The first-order valence-corrected chi connectivity index (χ1v) is 12.2. The predicted molar refractivity (Wildman–Crippen MR) is 139 cm³/mol. The molecule has 4 aromatic rings. The largest absolute Gasteiger partial charge is 0.382 e. The van der Waals surface area contributed by atoms with Gasteiger partial charge in [-0.2, -0.15) is 0 Å². The van der Waals surface area contributed by atoms with Crippen molar-refractivity contribution in [3.63, 3.8) is 0 Å². The van der Waals surface area contributed by atoms with Crippen LogP contribution >= 0.6 is 0 Å². The van der Waals surface area contributed by atoms with E-state index in [-0.39, 0.29) is 5.56 Å². The minimum atomic E-state index is 0.0435. The fourth-order valence-electron chi connectivity index (χ4n) is 5.12. The van der Waals surface area contributed by atoms with Gasteiger partial charge >= 0.3 is 0 Å². The van der Waals surface area contributed by atoms with Crippen molar-refractivity contribution in [1.82, 2.24) is 9.47 Å². The van der Waals surface area contributed by atoms with Gasteiger partial charge in [0.25, 0.3) is 5.56 Å². The van der Waals surface area contributed by atoms with Gasteiger partial charge < -0.3 is 9.88 Å². The van der Waals surface area contributed by atoms with E-state index in [2.05, 4.69) is 77.8 Å². The molecule has 0 radical (unpaired) electrons. The molecule has 0 bridgehead atoms. The zero-order chi connectivity index (χ0) is 22.8. The number of nitrogens with zero attached hydrogens (tertiary/aromatic N) is 2. The molecule has 1 aliphatic rings. The molecule has 0 atom stereocenters. The Morgan fingerprint density at radius 2 is 1.67 bits per heavy atom. The molecule has 1 aliphatic heterocycles. The third kappa shape index (κ3) is 4.67. The average Bonchev–Trinajstić information content (AvgIpc) is 2.84. The second kappa shape index (κ2) is 9.40. The molecule has 5 rings (SSSR count). The van der Waals surface area contributed by atoms with Crippen LogP contribution in [-0.2, 0) is 20.0 Å². The van der Waals surface area contributed by atoms with E-state index in [1.807, 2.05) is 7.05 Å². The van der Waals surface area contributed by atoms with E-state index >= 15 is 0 Å². The number of hydrogen-bond donors (Lipinski definition) is 1. The van der Waals surface area contributed by atoms with Crippen LogP contribution in [-0.4, -0.2) is 28.6 Å². The first-order chi connectivity index (χ1) is 16.1. The molecule has 4 nitrogen and oxygen atoms in total. The van der Waals surface area contributed by atoms with E-state index in [9.17, 15) is 4.79 Å². The number of fused-ring (bicyclic) bond motifs is 2. The predicted octanol–water partition coefficient (Wildman–Crippen LogP) is 5.72. The van der Waals surface area contributed by atoms with Gasteiger partial charge in [0.15, 0.2) is 0 Å². The molecule has 33 heavy (non-hydrogen) atoms. The van der Waals surface area contributed by atoms with Gasteiger partial charge in [-0.25, -0.2) is 0 Å². The number of piperidine rings is 1. The summed E-state index contributed by atoms with van der Waals surface area (Å²) in [5.74, 6) is 0. The molecule has 0 spiro atoms. The summed E-state index contributed by atoms with van der Waals surface area (Å²) < 4.78 is 1.75. The molecule has 1 saturated heterocycles. The molecule has 0 aliphatic carbocycles. The van der Waals surface area contributed by atoms with Crippen LogP contribution in [0.25, 0.3) is 21.7 Å². The highest BCUT2D eigenvalue weighted by Gasteiger charge is 2.20. The van der Waals surface area contributed by atoms with E-state index in [1.54, 1.807) is 10.6 Å². The zero-order valence-electron chi connectivity index (χ0n) is 19.7. The molecule has 0 amide bonds. The highest BCUT2D eigenvalue weighted by atomic mass is 16.1. The van der Waals surface area contributed by atoms with Gasteiger partial charge in [0.2, 0.25) is 0 Å². The van der Waals surface area contributed by atoms with E-state index in [1.165, 1.54) is 21.9 Å². The summed E-state index contributed by atoms with van der Waals surface area (Å²) in [6, 6.07) is 24.0. The summed E-state index contributed by atoms with van der Waals surface area (Å²) in [4.78, 5) is 15.1. The first kappa shape index (κ1) is 21.7. The van der Waals surface area contributed by atoms with Crippen molar-refractivity contribution in [3.8, 4) is 0 Å². The number of aryl methyl sites for hydroxylation is 2. The van der Waals surface area contributed by atoms with Crippen LogP contribution in [0, 0.1) is 0 Å². The second-order valence-corrected chi connectivity index (χ2v) is 9.43. The highest BCUT2D eigenvalue weighted by molar-refractivity contribution is 5.92. The summed E-state index contributed by atoms with van der Waals surface area (Å²) in [5.41, 5.74) is 4.73. The van der Waals surface area contributed by atoms with Crippen LogP contribution in [0.5, 0.6) is 0 Å². The van der Waals surface area contributed by atoms with Crippen LogP contribution < -0.4 is 10.9 Å². The maximum Gasteiger partial charge on any atom is 0.252 e. The fourth-order valence-corrected chi connectivity index (χ4v) is 5.12. The Labute approximate surface area is 195 Å². The number of likely N-dealkylation sites (tertiary alicyclic amines) is 1. The summed E-state index contributed by atoms with van der Waals surface area (Å²) in [6.45, 7) is 5.32. The lowest BCUT2D eigenvalue weighted by atomic mass is 10.0. The van der Waals surface area contributed by atoms with Crippen molar-refractivity contribution < 1.29 is 0 Å². The number of aromatic nitrogens is 1. The Hall–Kier alpha value is -3.11. The van der Waals surface area contributed by atoms with Crippen LogP contribution in [0.1, 0.15) is 37.3 Å². The maximum atomic E-state index is 12.6. The van der Waals surface area contributed by atoms with Gasteiger partial charge in [0.05, 0.1) is 5.52 Å². The minimum Gasteiger partial charge on any atom is -0.382 e. The average molecular weight is 440 g/mol. The Morgan fingerprint density at radius 1 is 0.909 bits per heavy atom. The maximum absolute atomic E-state index is 12.6. The molecule has 4 heteroatoms. The van der Waals surface area contributed by atoms with Crippen LogP contribution in [0.4, 0.5) is 5.69 Å². The van der Waals surface area contributed by atoms with Crippen LogP contribution in [0.2, 0.25) is 0 Å². The summed E-state index contributed by atoms with van der Waals surface area (Å²) in [7, 11) is 1.86. The molecule has 0 saturated carbocycles.